The predicted molar refractivity (Wildman–Crippen MR) is 113 cm³/mol. The highest BCUT2D eigenvalue weighted by atomic mass is 35.5. The van der Waals surface area contributed by atoms with Gasteiger partial charge in [-0.1, -0.05) is 54.7 Å². The summed E-state index contributed by atoms with van der Waals surface area (Å²) in [6.07, 6.45) is 2.74. The standard InChI is InChI=1S/C19H22Cl2N2O4S/c1-3-4-12-23(19(24)22-18-16(20)6-5-7-17(18)21)13-14-8-10-15(11-9-14)27-28(2,25)26/h5-11H,3-4,12-13H2,1-2H3,(H,22,24). The van der Waals surface area contributed by atoms with Crippen LogP contribution < -0.4 is 9.50 Å². The second kappa shape index (κ2) is 10.0. The zero-order valence-electron chi connectivity index (χ0n) is 15.6. The summed E-state index contributed by atoms with van der Waals surface area (Å²) in [6.45, 7) is 2.93. The molecular weight excluding hydrogens is 423 g/mol. The molecule has 28 heavy (non-hydrogen) atoms. The first-order valence-corrected chi connectivity index (χ1v) is 11.2. The molecule has 0 aliphatic carbocycles. The number of nitrogens with one attached hydrogen (secondary N) is 1. The first-order chi connectivity index (χ1) is 13.2. The Bertz CT molecular complexity index is 898. The van der Waals surface area contributed by atoms with Gasteiger partial charge in [0, 0.05) is 13.1 Å². The number of anilines is 1. The smallest absolute Gasteiger partial charge is 0.322 e. The third kappa shape index (κ3) is 6.89. The zero-order valence-corrected chi connectivity index (χ0v) is 17.9. The Morgan fingerprint density at radius 1 is 1.11 bits per heavy atom. The maximum Gasteiger partial charge on any atom is 0.322 e. The largest absolute Gasteiger partial charge is 0.383 e. The van der Waals surface area contributed by atoms with E-state index in [9.17, 15) is 13.2 Å². The normalized spacial score (nSPS) is 11.1. The highest BCUT2D eigenvalue weighted by Gasteiger charge is 2.17. The summed E-state index contributed by atoms with van der Waals surface area (Å²) in [4.78, 5) is 14.4. The molecule has 2 aromatic rings. The number of benzene rings is 2. The van der Waals surface area contributed by atoms with Crippen LogP contribution >= 0.6 is 23.2 Å². The molecule has 2 rings (SSSR count). The van der Waals surface area contributed by atoms with Crippen molar-refractivity contribution in [1.29, 1.82) is 0 Å². The second-order valence-electron chi connectivity index (χ2n) is 6.23. The number of hydrogen-bond acceptors (Lipinski definition) is 4. The fraction of sp³-hybridized carbons (Fsp3) is 0.316. The number of urea groups is 1. The van der Waals surface area contributed by atoms with Crippen molar-refractivity contribution in [3.05, 3.63) is 58.1 Å². The quantitative estimate of drug-likeness (QED) is 0.569. The molecule has 0 fully saturated rings. The molecular formula is C19H22Cl2N2O4S. The van der Waals surface area contributed by atoms with Crippen molar-refractivity contribution in [3.63, 3.8) is 0 Å². The van der Waals surface area contributed by atoms with E-state index in [-0.39, 0.29) is 11.8 Å². The van der Waals surface area contributed by atoms with Gasteiger partial charge in [0.2, 0.25) is 0 Å². The van der Waals surface area contributed by atoms with Gasteiger partial charge in [-0.25, -0.2) is 4.79 Å². The van der Waals surface area contributed by atoms with Gasteiger partial charge in [-0.3, -0.25) is 0 Å². The van der Waals surface area contributed by atoms with Crippen molar-refractivity contribution in [2.45, 2.75) is 26.3 Å². The van der Waals surface area contributed by atoms with E-state index >= 15 is 0 Å². The Hall–Kier alpha value is -1.96. The molecule has 2 aromatic carbocycles. The Morgan fingerprint density at radius 3 is 2.25 bits per heavy atom. The number of carbonyl (C=O) groups excluding carboxylic acids is 1. The fourth-order valence-electron chi connectivity index (χ4n) is 2.45. The molecule has 0 spiro atoms. The van der Waals surface area contributed by atoms with E-state index in [2.05, 4.69) is 5.32 Å². The molecule has 0 saturated carbocycles. The van der Waals surface area contributed by atoms with Crippen LogP contribution in [0.4, 0.5) is 10.5 Å². The number of carbonyl (C=O) groups is 1. The van der Waals surface area contributed by atoms with Gasteiger partial charge in [-0.15, -0.1) is 0 Å². The van der Waals surface area contributed by atoms with E-state index in [0.717, 1.165) is 24.7 Å². The van der Waals surface area contributed by atoms with Crippen molar-refractivity contribution >= 4 is 45.0 Å². The lowest BCUT2D eigenvalue weighted by molar-refractivity contribution is 0.208. The van der Waals surface area contributed by atoms with Crippen LogP contribution in [0.15, 0.2) is 42.5 Å². The molecule has 0 aromatic heterocycles. The van der Waals surface area contributed by atoms with Gasteiger partial charge in [0.25, 0.3) is 0 Å². The van der Waals surface area contributed by atoms with Crippen molar-refractivity contribution < 1.29 is 17.4 Å². The first kappa shape index (κ1) is 22.3. The number of unbranched alkanes of at least 4 members (excludes halogenated alkanes) is 1. The topological polar surface area (TPSA) is 75.7 Å². The lowest BCUT2D eigenvalue weighted by Crippen LogP contribution is -2.35. The molecule has 152 valence electrons. The number of hydrogen-bond donors (Lipinski definition) is 1. The summed E-state index contributed by atoms with van der Waals surface area (Å²) >= 11 is 12.3. The highest BCUT2D eigenvalue weighted by Crippen LogP contribution is 2.30. The first-order valence-electron chi connectivity index (χ1n) is 8.68. The fourth-order valence-corrected chi connectivity index (χ4v) is 3.40. The molecule has 1 N–H and O–H groups in total. The summed E-state index contributed by atoms with van der Waals surface area (Å²) in [6, 6.07) is 11.2. The molecule has 0 unspecified atom stereocenters. The van der Waals surface area contributed by atoms with Gasteiger partial charge in [0.15, 0.2) is 0 Å². The van der Waals surface area contributed by atoms with E-state index in [0.29, 0.717) is 28.8 Å². The van der Waals surface area contributed by atoms with Crippen LogP contribution in [0.2, 0.25) is 10.0 Å². The molecule has 0 radical (unpaired) electrons. The Morgan fingerprint density at radius 2 is 1.71 bits per heavy atom. The number of halogens is 2. The number of para-hydroxylation sites is 1. The SMILES string of the molecule is CCCCN(Cc1ccc(OS(C)(=O)=O)cc1)C(=O)Nc1c(Cl)cccc1Cl. The molecule has 0 bridgehead atoms. The summed E-state index contributed by atoms with van der Waals surface area (Å²) in [5, 5.41) is 3.49. The zero-order chi connectivity index (χ0) is 20.7. The minimum Gasteiger partial charge on any atom is -0.383 e. The number of rotatable bonds is 8. The second-order valence-corrected chi connectivity index (χ2v) is 8.62. The predicted octanol–water partition coefficient (Wildman–Crippen LogP) is 5.17. The molecule has 0 aliphatic rings. The molecule has 6 nitrogen and oxygen atoms in total. The summed E-state index contributed by atoms with van der Waals surface area (Å²) in [5.41, 5.74) is 1.20. The van der Waals surface area contributed by atoms with Crippen LogP contribution in [-0.4, -0.2) is 32.1 Å². The average molecular weight is 445 g/mol. The van der Waals surface area contributed by atoms with Crippen LogP contribution in [0, 0.1) is 0 Å². The van der Waals surface area contributed by atoms with E-state index in [1.54, 1.807) is 47.4 Å². The van der Waals surface area contributed by atoms with Gasteiger partial charge < -0.3 is 14.4 Å². The highest BCUT2D eigenvalue weighted by molar-refractivity contribution is 7.86. The van der Waals surface area contributed by atoms with E-state index in [1.165, 1.54) is 0 Å². The van der Waals surface area contributed by atoms with Crippen molar-refractivity contribution in [2.24, 2.45) is 0 Å². The van der Waals surface area contributed by atoms with E-state index in [4.69, 9.17) is 27.4 Å². The van der Waals surface area contributed by atoms with Crippen LogP contribution in [0.5, 0.6) is 5.75 Å². The van der Waals surface area contributed by atoms with Crippen molar-refractivity contribution in [3.8, 4) is 5.75 Å². The molecule has 0 heterocycles. The Labute approximate surface area is 175 Å². The minimum absolute atomic E-state index is 0.221. The third-order valence-corrected chi connectivity index (χ3v) is 4.93. The van der Waals surface area contributed by atoms with Crippen LogP contribution in [0.3, 0.4) is 0 Å². The molecule has 0 aliphatic heterocycles. The third-order valence-electron chi connectivity index (χ3n) is 3.81. The minimum atomic E-state index is -3.58. The molecule has 0 atom stereocenters. The van der Waals surface area contributed by atoms with Crippen molar-refractivity contribution in [1.82, 2.24) is 4.90 Å². The van der Waals surface area contributed by atoms with Gasteiger partial charge in [-0.2, -0.15) is 8.42 Å². The van der Waals surface area contributed by atoms with E-state index < -0.39 is 10.1 Å². The lowest BCUT2D eigenvalue weighted by Gasteiger charge is -2.24. The van der Waals surface area contributed by atoms with Crippen LogP contribution in [0.1, 0.15) is 25.3 Å². The van der Waals surface area contributed by atoms with Crippen LogP contribution in [-0.2, 0) is 16.7 Å². The summed E-state index contributed by atoms with van der Waals surface area (Å²) in [5.74, 6) is 0.221. The van der Waals surface area contributed by atoms with Gasteiger partial charge >= 0.3 is 16.1 Å². The Kier molecular flexibility index (Phi) is 7.98. The summed E-state index contributed by atoms with van der Waals surface area (Å²) in [7, 11) is -3.58. The molecule has 9 heteroatoms. The molecule has 0 saturated heterocycles. The van der Waals surface area contributed by atoms with E-state index in [1.807, 2.05) is 6.92 Å². The number of nitrogens with zero attached hydrogens (tertiary/aromatic N) is 1. The average Bonchev–Trinajstić information content (AvgIpc) is 2.62. The summed E-state index contributed by atoms with van der Waals surface area (Å²) < 4.78 is 27.2. The van der Waals surface area contributed by atoms with Crippen molar-refractivity contribution in [2.75, 3.05) is 18.1 Å². The maximum absolute atomic E-state index is 12.8. The van der Waals surface area contributed by atoms with Gasteiger partial charge in [-0.05, 0) is 36.2 Å². The van der Waals surface area contributed by atoms with Gasteiger partial charge in [0.05, 0.1) is 22.0 Å². The monoisotopic (exact) mass is 444 g/mol. The maximum atomic E-state index is 12.8. The van der Waals surface area contributed by atoms with Crippen LogP contribution in [0.25, 0.3) is 0 Å². The molecule has 2 amide bonds. The Balaban J connectivity index is 2.13. The van der Waals surface area contributed by atoms with Gasteiger partial charge in [0.1, 0.15) is 5.75 Å². The number of amides is 2. The lowest BCUT2D eigenvalue weighted by atomic mass is 10.2.